The zero-order valence-electron chi connectivity index (χ0n) is 13.2. The summed E-state index contributed by atoms with van der Waals surface area (Å²) in [5.74, 6) is -0.324. The summed E-state index contributed by atoms with van der Waals surface area (Å²) in [6, 6.07) is 12.3. The number of benzene rings is 2. The van der Waals surface area contributed by atoms with Crippen molar-refractivity contribution in [1.82, 2.24) is 0 Å². The van der Waals surface area contributed by atoms with Crippen molar-refractivity contribution in [2.45, 2.75) is 30.6 Å². The first-order valence-electron chi connectivity index (χ1n) is 8.09. The summed E-state index contributed by atoms with van der Waals surface area (Å²) in [6.45, 7) is -0.198. The molecule has 0 radical (unpaired) electrons. The lowest BCUT2D eigenvalue weighted by molar-refractivity contribution is -0.115. The Morgan fingerprint density at radius 2 is 1.71 bits per heavy atom. The maximum atomic E-state index is 13.1. The molecule has 1 aliphatic heterocycles. The number of rotatable bonds is 2. The van der Waals surface area contributed by atoms with Gasteiger partial charge in [0.2, 0.25) is 5.91 Å². The van der Waals surface area contributed by atoms with Crippen LogP contribution in [0.25, 0.3) is 0 Å². The molecule has 0 fully saturated rings. The van der Waals surface area contributed by atoms with Gasteiger partial charge in [0.05, 0.1) is 16.3 Å². The number of nitrogens with zero attached hydrogens (tertiary/aromatic N) is 1. The average Bonchev–Trinajstić information content (AvgIpc) is 2.60. The van der Waals surface area contributed by atoms with E-state index in [1.807, 2.05) is 6.07 Å². The Balaban J connectivity index is 1.79. The van der Waals surface area contributed by atoms with Crippen LogP contribution in [-0.4, -0.2) is 20.9 Å². The molecule has 124 valence electrons. The zero-order chi connectivity index (χ0) is 16.7. The summed E-state index contributed by atoms with van der Waals surface area (Å²) in [6.07, 6.45) is 4.16. The molecule has 0 unspecified atom stereocenters. The SMILES string of the molecule is O=C1CN(S(=O)(=O)c2ccc3c(c2)CCCC3)c2ccccc2N1. The number of anilines is 2. The topological polar surface area (TPSA) is 66.5 Å². The van der Waals surface area contributed by atoms with E-state index in [-0.39, 0.29) is 17.3 Å². The van der Waals surface area contributed by atoms with Crippen molar-refractivity contribution in [2.75, 3.05) is 16.2 Å². The molecular weight excluding hydrogens is 324 g/mol. The Kier molecular flexibility index (Phi) is 3.57. The van der Waals surface area contributed by atoms with E-state index < -0.39 is 10.0 Å². The van der Waals surface area contributed by atoms with Crippen molar-refractivity contribution in [3.63, 3.8) is 0 Å². The highest BCUT2D eigenvalue weighted by Crippen LogP contribution is 2.34. The van der Waals surface area contributed by atoms with Gasteiger partial charge < -0.3 is 5.32 Å². The fourth-order valence-corrected chi connectivity index (χ4v) is 4.91. The van der Waals surface area contributed by atoms with Crippen molar-refractivity contribution in [1.29, 1.82) is 0 Å². The molecule has 2 aromatic carbocycles. The molecule has 1 heterocycles. The molecule has 4 rings (SSSR count). The predicted molar refractivity (Wildman–Crippen MR) is 92.7 cm³/mol. The molecule has 0 aromatic heterocycles. The second-order valence-electron chi connectivity index (χ2n) is 6.21. The number of amides is 1. The molecule has 2 aromatic rings. The highest BCUT2D eigenvalue weighted by atomic mass is 32.2. The van der Waals surface area contributed by atoms with E-state index in [9.17, 15) is 13.2 Å². The van der Waals surface area contributed by atoms with Gasteiger partial charge in [-0.25, -0.2) is 8.42 Å². The van der Waals surface area contributed by atoms with Crippen LogP contribution in [0, 0.1) is 0 Å². The quantitative estimate of drug-likeness (QED) is 0.912. The number of aryl methyl sites for hydroxylation is 2. The van der Waals surface area contributed by atoms with Gasteiger partial charge in [-0.05, 0) is 61.1 Å². The fourth-order valence-electron chi connectivity index (χ4n) is 3.41. The monoisotopic (exact) mass is 342 g/mol. The number of hydrogen-bond donors (Lipinski definition) is 1. The summed E-state index contributed by atoms with van der Waals surface area (Å²) in [4.78, 5) is 12.2. The zero-order valence-corrected chi connectivity index (χ0v) is 14.0. The minimum atomic E-state index is -3.77. The molecule has 2 aliphatic rings. The van der Waals surface area contributed by atoms with E-state index >= 15 is 0 Å². The second-order valence-corrected chi connectivity index (χ2v) is 8.08. The highest BCUT2D eigenvalue weighted by Gasteiger charge is 2.32. The molecule has 0 bridgehead atoms. The van der Waals surface area contributed by atoms with Gasteiger partial charge in [0.25, 0.3) is 10.0 Å². The molecule has 1 amide bonds. The van der Waals surface area contributed by atoms with Crippen LogP contribution in [0.2, 0.25) is 0 Å². The van der Waals surface area contributed by atoms with E-state index in [1.165, 1.54) is 9.87 Å². The van der Waals surface area contributed by atoms with Crippen molar-refractivity contribution in [3.05, 3.63) is 53.6 Å². The lowest BCUT2D eigenvalue weighted by atomic mass is 9.92. The number of hydrogen-bond acceptors (Lipinski definition) is 3. The standard InChI is InChI=1S/C18H18N2O3S/c21-18-12-20(17-8-4-3-7-16(17)19-18)24(22,23)15-10-9-13-5-1-2-6-14(13)11-15/h3-4,7-11H,1-2,5-6,12H2,(H,19,21). The van der Waals surface area contributed by atoms with Crippen LogP contribution in [0.3, 0.4) is 0 Å². The van der Waals surface area contributed by atoms with Gasteiger partial charge in [0, 0.05) is 0 Å². The first-order chi connectivity index (χ1) is 11.6. The number of carbonyl (C=O) groups is 1. The first kappa shape index (κ1) is 15.2. The van der Waals surface area contributed by atoms with Crippen LogP contribution < -0.4 is 9.62 Å². The largest absolute Gasteiger partial charge is 0.323 e. The molecule has 0 atom stereocenters. The minimum Gasteiger partial charge on any atom is -0.323 e. The Labute approximate surface area is 141 Å². The van der Waals surface area contributed by atoms with Crippen LogP contribution in [-0.2, 0) is 27.7 Å². The Hall–Kier alpha value is -2.34. The molecular formula is C18H18N2O3S. The van der Waals surface area contributed by atoms with Gasteiger partial charge in [-0.15, -0.1) is 0 Å². The molecule has 0 saturated heterocycles. The molecule has 5 nitrogen and oxygen atoms in total. The molecule has 1 N–H and O–H groups in total. The third-order valence-corrected chi connectivity index (χ3v) is 6.40. The van der Waals surface area contributed by atoms with E-state index in [1.54, 1.807) is 36.4 Å². The van der Waals surface area contributed by atoms with Gasteiger partial charge >= 0.3 is 0 Å². The number of fused-ring (bicyclic) bond motifs is 2. The van der Waals surface area contributed by atoms with E-state index in [0.29, 0.717) is 11.4 Å². The number of sulfonamides is 1. The number of nitrogens with one attached hydrogen (secondary N) is 1. The molecule has 24 heavy (non-hydrogen) atoms. The van der Waals surface area contributed by atoms with Crippen molar-refractivity contribution in [2.24, 2.45) is 0 Å². The highest BCUT2D eigenvalue weighted by molar-refractivity contribution is 7.92. The van der Waals surface area contributed by atoms with E-state index in [0.717, 1.165) is 31.2 Å². The maximum absolute atomic E-state index is 13.1. The van der Waals surface area contributed by atoms with Gasteiger partial charge in [-0.1, -0.05) is 18.2 Å². The predicted octanol–water partition coefficient (Wildman–Crippen LogP) is 2.71. The van der Waals surface area contributed by atoms with Gasteiger partial charge in [-0.2, -0.15) is 0 Å². The maximum Gasteiger partial charge on any atom is 0.264 e. The normalized spacial score (nSPS) is 17.0. The van der Waals surface area contributed by atoms with Crippen LogP contribution in [0.4, 0.5) is 11.4 Å². The summed E-state index contributed by atoms with van der Waals surface area (Å²) >= 11 is 0. The van der Waals surface area contributed by atoms with Crippen LogP contribution in [0.1, 0.15) is 24.0 Å². The Morgan fingerprint density at radius 1 is 0.958 bits per heavy atom. The van der Waals surface area contributed by atoms with Crippen molar-refractivity contribution >= 4 is 27.3 Å². The Morgan fingerprint density at radius 3 is 2.54 bits per heavy atom. The number of carbonyl (C=O) groups excluding carboxylic acids is 1. The fraction of sp³-hybridized carbons (Fsp3) is 0.278. The number of para-hydroxylation sites is 2. The van der Waals surface area contributed by atoms with E-state index in [2.05, 4.69) is 5.32 Å². The van der Waals surface area contributed by atoms with Crippen LogP contribution >= 0.6 is 0 Å². The minimum absolute atomic E-state index is 0.198. The summed E-state index contributed by atoms with van der Waals surface area (Å²) in [7, 11) is -3.77. The third-order valence-electron chi connectivity index (χ3n) is 4.64. The van der Waals surface area contributed by atoms with Crippen LogP contribution in [0.5, 0.6) is 0 Å². The first-order valence-corrected chi connectivity index (χ1v) is 9.53. The van der Waals surface area contributed by atoms with E-state index in [4.69, 9.17) is 0 Å². The van der Waals surface area contributed by atoms with Gasteiger partial charge in [0.1, 0.15) is 6.54 Å². The second kappa shape index (κ2) is 5.63. The lowest BCUT2D eigenvalue weighted by Crippen LogP contribution is -2.42. The molecule has 6 heteroatoms. The summed E-state index contributed by atoms with van der Waals surface area (Å²) in [5.41, 5.74) is 3.37. The molecule has 1 aliphatic carbocycles. The average molecular weight is 342 g/mol. The van der Waals surface area contributed by atoms with Crippen molar-refractivity contribution < 1.29 is 13.2 Å². The third kappa shape index (κ3) is 2.47. The van der Waals surface area contributed by atoms with Gasteiger partial charge in [-0.3, -0.25) is 9.10 Å². The van der Waals surface area contributed by atoms with Gasteiger partial charge in [0.15, 0.2) is 0 Å². The van der Waals surface area contributed by atoms with Crippen LogP contribution in [0.15, 0.2) is 47.4 Å². The van der Waals surface area contributed by atoms with Crippen molar-refractivity contribution in [3.8, 4) is 0 Å². The molecule has 0 spiro atoms. The molecule has 0 saturated carbocycles. The summed E-state index contributed by atoms with van der Waals surface area (Å²) in [5, 5.41) is 2.72. The summed E-state index contributed by atoms with van der Waals surface area (Å²) < 4.78 is 27.5. The lowest BCUT2D eigenvalue weighted by Gasteiger charge is -2.30. The Bertz CT molecular complexity index is 922. The smallest absolute Gasteiger partial charge is 0.264 e.